The standard InChI is InChI=1S/C12H12FN3O2/c1-2-5-14-12-15-9-4-3-8(13)6-10(9)16(12)7-11(17)18/h2-4,6H,1,5,7H2,(H,14,15)(H,17,18). The Kier molecular flexibility index (Phi) is 3.27. The Balaban J connectivity index is 2.53. The molecule has 2 N–H and O–H groups in total. The van der Waals surface area contributed by atoms with Gasteiger partial charge in [-0.1, -0.05) is 6.08 Å². The molecule has 0 radical (unpaired) electrons. The van der Waals surface area contributed by atoms with Gasteiger partial charge in [-0.2, -0.15) is 0 Å². The highest BCUT2D eigenvalue weighted by Crippen LogP contribution is 2.20. The van der Waals surface area contributed by atoms with Crippen molar-refractivity contribution in [2.75, 3.05) is 11.9 Å². The monoisotopic (exact) mass is 249 g/mol. The van der Waals surface area contributed by atoms with Crippen LogP contribution in [-0.4, -0.2) is 27.2 Å². The van der Waals surface area contributed by atoms with Crippen LogP contribution in [0.3, 0.4) is 0 Å². The zero-order valence-electron chi connectivity index (χ0n) is 9.56. The molecule has 0 atom stereocenters. The van der Waals surface area contributed by atoms with Crippen LogP contribution in [0.2, 0.25) is 0 Å². The number of carboxylic acid groups (broad SMARTS) is 1. The van der Waals surface area contributed by atoms with Crippen LogP contribution in [0.4, 0.5) is 10.3 Å². The zero-order valence-corrected chi connectivity index (χ0v) is 9.56. The number of imidazole rings is 1. The molecule has 6 heteroatoms. The highest BCUT2D eigenvalue weighted by atomic mass is 19.1. The maximum atomic E-state index is 13.2. The number of hydrogen-bond donors (Lipinski definition) is 2. The number of hydrogen-bond acceptors (Lipinski definition) is 3. The molecule has 18 heavy (non-hydrogen) atoms. The van der Waals surface area contributed by atoms with E-state index in [4.69, 9.17) is 5.11 Å². The van der Waals surface area contributed by atoms with E-state index in [1.165, 1.54) is 22.8 Å². The van der Waals surface area contributed by atoms with E-state index in [0.29, 0.717) is 23.5 Å². The van der Waals surface area contributed by atoms with Crippen LogP contribution >= 0.6 is 0 Å². The molecule has 1 aromatic heterocycles. The van der Waals surface area contributed by atoms with Gasteiger partial charge in [0, 0.05) is 6.54 Å². The van der Waals surface area contributed by atoms with E-state index in [2.05, 4.69) is 16.9 Å². The lowest BCUT2D eigenvalue weighted by Gasteiger charge is -2.06. The van der Waals surface area contributed by atoms with Crippen molar-refractivity contribution in [3.63, 3.8) is 0 Å². The maximum Gasteiger partial charge on any atom is 0.323 e. The molecule has 94 valence electrons. The first kappa shape index (κ1) is 12.1. The summed E-state index contributed by atoms with van der Waals surface area (Å²) in [5.74, 6) is -1.05. The van der Waals surface area contributed by atoms with Gasteiger partial charge in [-0.3, -0.25) is 9.36 Å². The van der Waals surface area contributed by atoms with Gasteiger partial charge in [0.25, 0.3) is 0 Å². The summed E-state index contributed by atoms with van der Waals surface area (Å²) in [6, 6.07) is 4.07. The number of carbonyl (C=O) groups is 1. The molecule has 1 aromatic carbocycles. The molecule has 0 bridgehead atoms. The van der Waals surface area contributed by atoms with E-state index in [9.17, 15) is 9.18 Å². The van der Waals surface area contributed by atoms with Gasteiger partial charge < -0.3 is 10.4 Å². The van der Waals surface area contributed by atoms with Crippen molar-refractivity contribution in [1.29, 1.82) is 0 Å². The van der Waals surface area contributed by atoms with Crippen LogP contribution in [0.15, 0.2) is 30.9 Å². The topological polar surface area (TPSA) is 67.2 Å². The molecule has 0 unspecified atom stereocenters. The summed E-state index contributed by atoms with van der Waals surface area (Å²) >= 11 is 0. The lowest BCUT2D eigenvalue weighted by molar-refractivity contribution is -0.137. The molecule has 2 rings (SSSR count). The number of aliphatic carboxylic acids is 1. The average molecular weight is 249 g/mol. The highest BCUT2D eigenvalue weighted by molar-refractivity contribution is 5.81. The Bertz CT molecular complexity index is 607. The largest absolute Gasteiger partial charge is 0.480 e. The third kappa shape index (κ3) is 2.32. The van der Waals surface area contributed by atoms with E-state index < -0.39 is 11.8 Å². The fourth-order valence-electron chi connectivity index (χ4n) is 1.69. The minimum Gasteiger partial charge on any atom is -0.480 e. The minimum absolute atomic E-state index is 0.278. The normalized spacial score (nSPS) is 10.5. The summed E-state index contributed by atoms with van der Waals surface area (Å²) in [4.78, 5) is 15.0. The minimum atomic E-state index is -1.01. The van der Waals surface area contributed by atoms with E-state index in [-0.39, 0.29) is 6.54 Å². The first-order valence-corrected chi connectivity index (χ1v) is 5.34. The van der Waals surface area contributed by atoms with Crippen molar-refractivity contribution in [2.45, 2.75) is 6.54 Å². The molecule has 1 heterocycles. The number of carboxylic acids is 1. The van der Waals surface area contributed by atoms with Gasteiger partial charge in [-0.05, 0) is 18.2 Å². The number of rotatable bonds is 5. The van der Waals surface area contributed by atoms with Gasteiger partial charge in [0.15, 0.2) is 0 Å². The summed E-state index contributed by atoms with van der Waals surface area (Å²) in [6.07, 6.45) is 1.63. The van der Waals surface area contributed by atoms with Gasteiger partial charge in [0.2, 0.25) is 5.95 Å². The van der Waals surface area contributed by atoms with Crippen LogP contribution in [-0.2, 0) is 11.3 Å². The van der Waals surface area contributed by atoms with E-state index in [0.717, 1.165) is 0 Å². The molecule has 0 saturated heterocycles. The van der Waals surface area contributed by atoms with Crippen molar-refractivity contribution < 1.29 is 14.3 Å². The smallest absolute Gasteiger partial charge is 0.323 e. The highest BCUT2D eigenvalue weighted by Gasteiger charge is 2.13. The first-order chi connectivity index (χ1) is 8.61. The predicted octanol–water partition coefficient (Wildman–Crippen LogP) is 1.86. The molecule has 0 amide bonds. The van der Waals surface area contributed by atoms with E-state index in [1.807, 2.05) is 0 Å². The summed E-state index contributed by atoms with van der Waals surface area (Å²) in [5, 5.41) is 11.8. The summed E-state index contributed by atoms with van der Waals surface area (Å²) in [6.45, 7) is 3.73. The van der Waals surface area contributed by atoms with E-state index in [1.54, 1.807) is 6.08 Å². The fraction of sp³-hybridized carbons (Fsp3) is 0.167. The van der Waals surface area contributed by atoms with Crippen molar-refractivity contribution >= 4 is 23.0 Å². The maximum absolute atomic E-state index is 13.2. The number of nitrogens with one attached hydrogen (secondary N) is 1. The molecular weight excluding hydrogens is 237 g/mol. The van der Waals surface area contributed by atoms with Crippen LogP contribution in [0.1, 0.15) is 0 Å². The molecule has 0 saturated carbocycles. The van der Waals surface area contributed by atoms with Crippen molar-refractivity contribution in [3.05, 3.63) is 36.7 Å². The van der Waals surface area contributed by atoms with Gasteiger partial charge in [-0.25, -0.2) is 9.37 Å². The fourth-order valence-corrected chi connectivity index (χ4v) is 1.69. The van der Waals surface area contributed by atoms with Crippen LogP contribution in [0, 0.1) is 5.82 Å². The molecule has 0 fully saturated rings. The lowest BCUT2D eigenvalue weighted by Crippen LogP contribution is -2.13. The van der Waals surface area contributed by atoms with Crippen LogP contribution in [0.5, 0.6) is 0 Å². The number of benzene rings is 1. The van der Waals surface area contributed by atoms with Crippen LogP contribution in [0.25, 0.3) is 11.0 Å². The van der Waals surface area contributed by atoms with Crippen LogP contribution < -0.4 is 5.32 Å². The van der Waals surface area contributed by atoms with Gasteiger partial charge >= 0.3 is 5.97 Å². The Morgan fingerprint density at radius 3 is 3.06 bits per heavy atom. The second kappa shape index (κ2) is 4.87. The Morgan fingerprint density at radius 1 is 1.61 bits per heavy atom. The van der Waals surface area contributed by atoms with E-state index >= 15 is 0 Å². The summed E-state index contributed by atoms with van der Waals surface area (Å²) in [7, 11) is 0. The SMILES string of the molecule is C=CCNc1nc2ccc(F)cc2n1CC(=O)O. The van der Waals surface area contributed by atoms with Crippen molar-refractivity contribution in [3.8, 4) is 0 Å². The number of halogens is 1. The molecule has 0 aliphatic rings. The second-order valence-electron chi connectivity index (χ2n) is 3.72. The third-order valence-corrected chi connectivity index (χ3v) is 2.41. The molecule has 0 spiro atoms. The molecule has 0 aliphatic heterocycles. The number of nitrogens with zero attached hydrogens (tertiary/aromatic N) is 2. The zero-order chi connectivity index (χ0) is 13.1. The number of anilines is 1. The molecule has 2 aromatic rings. The Morgan fingerprint density at radius 2 is 2.39 bits per heavy atom. The molecule has 5 nitrogen and oxygen atoms in total. The molecule has 0 aliphatic carbocycles. The van der Waals surface area contributed by atoms with Crippen molar-refractivity contribution in [1.82, 2.24) is 9.55 Å². The molecular formula is C12H12FN3O2. The Labute approximate surface area is 103 Å². The van der Waals surface area contributed by atoms with Crippen molar-refractivity contribution in [2.24, 2.45) is 0 Å². The second-order valence-corrected chi connectivity index (χ2v) is 3.72. The number of aromatic nitrogens is 2. The summed E-state index contributed by atoms with van der Waals surface area (Å²) in [5.41, 5.74) is 0.994. The average Bonchev–Trinajstić information content (AvgIpc) is 2.64. The van der Waals surface area contributed by atoms with Gasteiger partial charge in [-0.15, -0.1) is 6.58 Å². The lowest BCUT2D eigenvalue weighted by atomic mass is 10.3. The van der Waals surface area contributed by atoms with Gasteiger partial charge in [0.1, 0.15) is 12.4 Å². The third-order valence-electron chi connectivity index (χ3n) is 2.41. The predicted molar refractivity (Wildman–Crippen MR) is 66.0 cm³/mol. The Hall–Kier alpha value is -2.37. The van der Waals surface area contributed by atoms with Gasteiger partial charge in [0.05, 0.1) is 11.0 Å². The number of fused-ring (bicyclic) bond motifs is 1. The summed E-state index contributed by atoms with van der Waals surface area (Å²) < 4.78 is 14.6. The quantitative estimate of drug-likeness (QED) is 0.794. The first-order valence-electron chi connectivity index (χ1n) is 5.34.